The van der Waals surface area contributed by atoms with E-state index in [-0.39, 0.29) is 25.7 Å². The number of hydrogen-bond donors (Lipinski definition) is 5. The monoisotopic (exact) mass is 250 g/mol. The van der Waals surface area contributed by atoms with Crippen LogP contribution >= 0.6 is 0 Å². The van der Waals surface area contributed by atoms with E-state index in [1.165, 1.54) is 0 Å². The van der Waals surface area contributed by atoms with Gasteiger partial charge in [-0.05, 0) is 19.9 Å². The molecule has 1 atom stereocenters. The minimum Gasteiger partial charge on any atom is -0.480 e. The first-order valence-electron chi connectivity index (χ1n) is 5.42. The number of carboxylic acids is 2. The number of rotatable bonds is 8. The molecule has 0 aliphatic heterocycles. The highest BCUT2D eigenvalue weighted by atomic mass is 16.4. The maximum absolute atomic E-state index is 9.88. The molecule has 0 aliphatic carbocycles. The highest BCUT2D eigenvalue weighted by molar-refractivity contribution is 5.69. The van der Waals surface area contributed by atoms with Crippen molar-refractivity contribution in [2.45, 2.75) is 26.3 Å². The second-order valence-electron chi connectivity index (χ2n) is 3.43. The smallest absolute Gasteiger partial charge is 0.317 e. The van der Waals surface area contributed by atoms with E-state index in [2.05, 4.69) is 10.6 Å². The van der Waals surface area contributed by atoms with Crippen molar-refractivity contribution in [1.29, 1.82) is 0 Å². The first-order valence-corrected chi connectivity index (χ1v) is 5.42. The molecule has 5 N–H and O–H groups in total. The van der Waals surface area contributed by atoms with Gasteiger partial charge in [0.05, 0.1) is 19.7 Å². The molecule has 0 rings (SSSR count). The summed E-state index contributed by atoms with van der Waals surface area (Å²) in [4.78, 5) is 19.7. The van der Waals surface area contributed by atoms with Crippen LogP contribution in [0.25, 0.3) is 0 Å². The summed E-state index contributed by atoms with van der Waals surface area (Å²) in [6.45, 7) is 4.44. The van der Waals surface area contributed by atoms with Crippen LogP contribution in [0, 0.1) is 0 Å². The van der Waals surface area contributed by atoms with Crippen LogP contribution in [0.4, 0.5) is 0 Å². The van der Waals surface area contributed by atoms with Gasteiger partial charge >= 0.3 is 11.9 Å². The predicted molar refractivity (Wildman–Crippen MR) is 63.0 cm³/mol. The van der Waals surface area contributed by atoms with Gasteiger partial charge in [-0.1, -0.05) is 6.92 Å². The molecule has 0 spiro atoms. The van der Waals surface area contributed by atoms with Gasteiger partial charge in [0.1, 0.15) is 0 Å². The molecule has 0 heterocycles. The lowest BCUT2D eigenvalue weighted by atomic mass is 10.4. The molecule has 102 valence electrons. The van der Waals surface area contributed by atoms with Crippen molar-refractivity contribution in [3.05, 3.63) is 0 Å². The minimum atomic E-state index is -0.907. The molecule has 0 radical (unpaired) electrons. The van der Waals surface area contributed by atoms with E-state index < -0.39 is 11.9 Å². The largest absolute Gasteiger partial charge is 0.480 e. The topological polar surface area (TPSA) is 119 Å². The zero-order valence-electron chi connectivity index (χ0n) is 10.3. The lowest BCUT2D eigenvalue weighted by Gasteiger charge is -2.06. The quantitative estimate of drug-likeness (QED) is 0.355. The molecule has 0 saturated carbocycles. The van der Waals surface area contributed by atoms with Gasteiger partial charge in [0.15, 0.2) is 0 Å². The van der Waals surface area contributed by atoms with E-state index in [0.717, 1.165) is 13.0 Å². The van der Waals surface area contributed by atoms with E-state index in [1.54, 1.807) is 6.92 Å². The van der Waals surface area contributed by atoms with Crippen molar-refractivity contribution < 1.29 is 24.9 Å². The zero-order valence-corrected chi connectivity index (χ0v) is 10.3. The van der Waals surface area contributed by atoms with Gasteiger partial charge < -0.3 is 26.0 Å². The zero-order chi connectivity index (χ0) is 13.7. The minimum absolute atomic E-state index is 0.0344. The third-order valence-corrected chi connectivity index (χ3v) is 1.58. The number of aliphatic carboxylic acids is 2. The highest BCUT2D eigenvalue weighted by Crippen LogP contribution is 1.75. The standard InChI is InChI=1S/C5H11NO3.C5H11NO2/c1-4(3-7)6-2-5(8)9;1-2-3-6-4-5(7)8/h4,6-7H,2-3H2,1H3,(H,8,9);6H,2-4H2,1H3,(H,7,8). The Morgan fingerprint density at radius 1 is 1.18 bits per heavy atom. The number of carboxylic acid groups (broad SMARTS) is 2. The number of aliphatic hydroxyl groups excluding tert-OH is 1. The average Bonchev–Trinajstić information content (AvgIpc) is 2.26. The number of nitrogens with one attached hydrogen (secondary N) is 2. The van der Waals surface area contributed by atoms with E-state index in [4.69, 9.17) is 15.3 Å². The fraction of sp³-hybridized carbons (Fsp3) is 0.800. The molecule has 0 aromatic carbocycles. The SMILES string of the molecule is CC(CO)NCC(=O)O.CCCNCC(=O)O. The summed E-state index contributed by atoms with van der Waals surface area (Å²) in [5, 5.41) is 29.9. The third-order valence-electron chi connectivity index (χ3n) is 1.58. The summed E-state index contributed by atoms with van der Waals surface area (Å²) in [7, 11) is 0. The summed E-state index contributed by atoms with van der Waals surface area (Å²) in [6.07, 6.45) is 0.979. The average molecular weight is 250 g/mol. The lowest BCUT2D eigenvalue weighted by molar-refractivity contribution is -0.137. The molecule has 1 unspecified atom stereocenters. The molecule has 0 fully saturated rings. The van der Waals surface area contributed by atoms with E-state index in [0.29, 0.717) is 0 Å². The van der Waals surface area contributed by atoms with Crippen LogP contribution in [-0.4, -0.2) is 59.5 Å². The molecule has 0 amide bonds. The Bertz CT molecular complexity index is 211. The van der Waals surface area contributed by atoms with Crippen molar-refractivity contribution in [2.75, 3.05) is 26.2 Å². The van der Waals surface area contributed by atoms with Crippen molar-refractivity contribution >= 4 is 11.9 Å². The summed E-state index contributed by atoms with van der Waals surface area (Å²) in [5.41, 5.74) is 0. The molecule has 0 saturated heterocycles. The molecule has 0 aromatic heterocycles. The highest BCUT2D eigenvalue weighted by Gasteiger charge is 2.00. The molecular formula is C10H22N2O5. The van der Waals surface area contributed by atoms with Crippen LogP contribution in [0.5, 0.6) is 0 Å². The Morgan fingerprint density at radius 3 is 2.06 bits per heavy atom. The molecule has 0 bridgehead atoms. The normalized spacial score (nSPS) is 11.2. The molecule has 17 heavy (non-hydrogen) atoms. The van der Waals surface area contributed by atoms with Crippen LogP contribution in [0.3, 0.4) is 0 Å². The second-order valence-corrected chi connectivity index (χ2v) is 3.43. The van der Waals surface area contributed by atoms with Gasteiger partial charge in [-0.2, -0.15) is 0 Å². The molecule has 0 aromatic rings. The Labute approximate surface area is 101 Å². The third kappa shape index (κ3) is 20.8. The number of carbonyl (C=O) groups is 2. The van der Waals surface area contributed by atoms with E-state index in [9.17, 15) is 9.59 Å². The van der Waals surface area contributed by atoms with Gasteiger partial charge in [-0.15, -0.1) is 0 Å². The first kappa shape index (κ1) is 18.2. The van der Waals surface area contributed by atoms with Crippen LogP contribution in [0.15, 0.2) is 0 Å². The molecule has 0 aliphatic rings. The van der Waals surface area contributed by atoms with E-state index in [1.807, 2.05) is 6.92 Å². The van der Waals surface area contributed by atoms with Crippen LogP contribution in [0.2, 0.25) is 0 Å². The summed E-state index contributed by atoms with van der Waals surface area (Å²) >= 11 is 0. The Kier molecular flexibility index (Phi) is 13.8. The number of hydrogen-bond acceptors (Lipinski definition) is 5. The summed E-state index contributed by atoms with van der Waals surface area (Å²) < 4.78 is 0. The van der Waals surface area contributed by atoms with Crippen LogP contribution < -0.4 is 10.6 Å². The van der Waals surface area contributed by atoms with E-state index >= 15 is 0 Å². The predicted octanol–water partition coefficient (Wildman–Crippen LogP) is -0.888. The Hall–Kier alpha value is -1.18. The summed E-state index contributed by atoms with van der Waals surface area (Å²) in [5.74, 6) is -1.70. The lowest BCUT2D eigenvalue weighted by Crippen LogP contribution is -2.33. The maximum Gasteiger partial charge on any atom is 0.317 e. The van der Waals surface area contributed by atoms with Crippen molar-refractivity contribution in [2.24, 2.45) is 0 Å². The fourth-order valence-corrected chi connectivity index (χ4v) is 0.698. The summed E-state index contributed by atoms with van der Waals surface area (Å²) in [6, 6.07) is -0.138. The van der Waals surface area contributed by atoms with Gasteiger partial charge in [0.25, 0.3) is 0 Å². The van der Waals surface area contributed by atoms with Crippen molar-refractivity contribution in [1.82, 2.24) is 10.6 Å². The fourth-order valence-electron chi connectivity index (χ4n) is 0.698. The van der Waals surface area contributed by atoms with Crippen molar-refractivity contribution in [3.8, 4) is 0 Å². The van der Waals surface area contributed by atoms with Gasteiger partial charge in [0, 0.05) is 6.04 Å². The molecule has 7 nitrogen and oxygen atoms in total. The molecule has 7 heteroatoms. The van der Waals surface area contributed by atoms with Gasteiger partial charge in [0.2, 0.25) is 0 Å². The van der Waals surface area contributed by atoms with Gasteiger partial charge in [-0.25, -0.2) is 0 Å². The van der Waals surface area contributed by atoms with Gasteiger partial charge in [-0.3, -0.25) is 9.59 Å². The Balaban J connectivity index is 0. The second kappa shape index (κ2) is 12.9. The molecular weight excluding hydrogens is 228 g/mol. The number of aliphatic hydroxyl groups is 1. The first-order chi connectivity index (χ1) is 7.93. The van der Waals surface area contributed by atoms with Crippen LogP contribution in [-0.2, 0) is 9.59 Å². The maximum atomic E-state index is 9.88. The van der Waals surface area contributed by atoms with Crippen LogP contribution in [0.1, 0.15) is 20.3 Å². The van der Waals surface area contributed by atoms with Crippen molar-refractivity contribution in [3.63, 3.8) is 0 Å². The Morgan fingerprint density at radius 2 is 1.71 bits per heavy atom.